The largest absolute Gasteiger partial charge is 0.392 e. The van der Waals surface area contributed by atoms with Crippen molar-refractivity contribution in [1.29, 1.82) is 0 Å². The van der Waals surface area contributed by atoms with Crippen LogP contribution in [0.5, 0.6) is 0 Å². The molecule has 0 spiro atoms. The third-order valence-corrected chi connectivity index (χ3v) is 2.26. The van der Waals surface area contributed by atoms with E-state index in [1.54, 1.807) is 0 Å². The van der Waals surface area contributed by atoms with Crippen LogP contribution in [0.2, 0.25) is 5.15 Å². The van der Waals surface area contributed by atoms with E-state index in [-0.39, 0.29) is 28.8 Å². The summed E-state index contributed by atoms with van der Waals surface area (Å²) in [6.45, 7) is -0.383. The molecular weight excluding hydrogens is 235 g/mol. The zero-order chi connectivity index (χ0) is 10.7. The van der Waals surface area contributed by atoms with Gasteiger partial charge in [0.2, 0.25) is 0 Å². The Balaban J connectivity index is 3.23. The lowest BCUT2D eigenvalue weighted by Gasteiger charge is -2.08. The summed E-state index contributed by atoms with van der Waals surface area (Å²) in [5, 5.41) is 8.59. The monoisotopic (exact) mass is 241 g/mol. The zero-order valence-corrected chi connectivity index (χ0v) is 8.49. The molecule has 0 fully saturated rings. The summed E-state index contributed by atoms with van der Waals surface area (Å²) in [7, 11) is 0. The highest BCUT2D eigenvalue weighted by molar-refractivity contribution is 6.30. The Kier molecular flexibility index (Phi) is 4.04. The Hall–Kier alpha value is -0.450. The third kappa shape index (κ3) is 2.32. The molecule has 0 aliphatic heterocycles. The summed E-state index contributed by atoms with van der Waals surface area (Å²) in [6, 6.07) is 1.12. The molecule has 2 nitrogen and oxygen atoms in total. The molecular formula is C8H7Cl2F2NO. The Labute approximate surface area is 89.5 Å². The fraction of sp³-hybridized carbons (Fsp3) is 0.375. The van der Waals surface area contributed by atoms with Crippen molar-refractivity contribution in [3.8, 4) is 0 Å². The number of hydrogen-bond acceptors (Lipinski definition) is 2. The molecule has 0 unspecified atom stereocenters. The highest BCUT2D eigenvalue weighted by Crippen LogP contribution is 2.28. The van der Waals surface area contributed by atoms with Crippen LogP contribution in [0.4, 0.5) is 8.78 Å². The molecule has 0 radical (unpaired) electrons. The van der Waals surface area contributed by atoms with Crippen molar-refractivity contribution in [2.45, 2.75) is 18.9 Å². The van der Waals surface area contributed by atoms with Gasteiger partial charge in [-0.3, -0.25) is 0 Å². The van der Waals surface area contributed by atoms with Gasteiger partial charge in [-0.25, -0.2) is 13.8 Å². The summed E-state index contributed by atoms with van der Waals surface area (Å²) >= 11 is 11.0. The standard InChI is InChI=1S/C8H7Cl2F2NO/c9-2-6-4(3-14)1-5(8(11)12)7(10)13-6/h1,8,14H,2-3H2. The van der Waals surface area contributed by atoms with Crippen LogP contribution in [0, 0.1) is 0 Å². The van der Waals surface area contributed by atoms with E-state index in [9.17, 15) is 8.78 Å². The van der Waals surface area contributed by atoms with Gasteiger partial charge in [0.05, 0.1) is 23.7 Å². The lowest BCUT2D eigenvalue weighted by molar-refractivity contribution is 0.150. The predicted molar refractivity (Wildman–Crippen MR) is 49.7 cm³/mol. The molecule has 78 valence electrons. The Morgan fingerprint density at radius 3 is 2.57 bits per heavy atom. The maximum atomic E-state index is 12.3. The number of aliphatic hydroxyl groups is 1. The normalized spacial score (nSPS) is 11.0. The maximum Gasteiger partial charge on any atom is 0.266 e. The van der Waals surface area contributed by atoms with Crippen LogP contribution in [-0.4, -0.2) is 10.1 Å². The summed E-state index contributed by atoms with van der Waals surface area (Å²) in [6.07, 6.45) is -2.70. The van der Waals surface area contributed by atoms with Crippen molar-refractivity contribution in [1.82, 2.24) is 4.98 Å². The molecule has 0 atom stereocenters. The third-order valence-electron chi connectivity index (χ3n) is 1.70. The van der Waals surface area contributed by atoms with Crippen LogP contribution < -0.4 is 0 Å². The van der Waals surface area contributed by atoms with E-state index in [0.29, 0.717) is 5.69 Å². The molecule has 0 saturated carbocycles. The Bertz CT molecular complexity index is 333. The number of aromatic nitrogens is 1. The van der Waals surface area contributed by atoms with Gasteiger partial charge in [-0.15, -0.1) is 11.6 Å². The van der Waals surface area contributed by atoms with Crippen molar-refractivity contribution in [2.75, 3.05) is 0 Å². The number of rotatable bonds is 3. The van der Waals surface area contributed by atoms with Crippen molar-refractivity contribution in [3.05, 3.63) is 28.0 Å². The number of pyridine rings is 1. The minimum Gasteiger partial charge on any atom is -0.392 e. The fourth-order valence-electron chi connectivity index (χ4n) is 0.991. The number of alkyl halides is 3. The van der Waals surface area contributed by atoms with Gasteiger partial charge in [0.1, 0.15) is 5.15 Å². The van der Waals surface area contributed by atoms with Gasteiger partial charge in [0.15, 0.2) is 0 Å². The molecule has 0 aliphatic rings. The quantitative estimate of drug-likeness (QED) is 0.652. The molecule has 1 aromatic rings. The highest BCUT2D eigenvalue weighted by Gasteiger charge is 2.16. The van der Waals surface area contributed by atoms with Gasteiger partial charge in [0.25, 0.3) is 6.43 Å². The second-order valence-corrected chi connectivity index (χ2v) is 3.19. The molecule has 1 heterocycles. The van der Waals surface area contributed by atoms with E-state index in [0.717, 1.165) is 6.07 Å². The van der Waals surface area contributed by atoms with Gasteiger partial charge >= 0.3 is 0 Å². The lowest BCUT2D eigenvalue weighted by atomic mass is 10.1. The maximum absolute atomic E-state index is 12.3. The average molecular weight is 242 g/mol. The van der Waals surface area contributed by atoms with Crippen LogP contribution in [0.25, 0.3) is 0 Å². The van der Waals surface area contributed by atoms with Gasteiger partial charge in [-0.1, -0.05) is 11.6 Å². The van der Waals surface area contributed by atoms with Gasteiger partial charge in [-0.2, -0.15) is 0 Å². The van der Waals surface area contributed by atoms with Crippen molar-refractivity contribution >= 4 is 23.2 Å². The molecule has 0 saturated heterocycles. The summed E-state index contributed by atoms with van der Waals surface area (Å²) < 4.78 is 24.7. The predicted octanol–water partition coefficient (Wildman–Crippen LogP) is 2.90. The first-order chi connectivity index (χ1) is 6.60. The van der Waals surface area contributed by atoms with E-state index in [1.165, 1.54) is 0 Å². The second kappa shape index (κ2) is 4.87. The van der Waals surface area contributed by atoms with Gasteiger partial charge in [0, 0.05) is 5.56 Å². The molecule has 0 aliphatic carbocycles. The van der Waals surface area contributed by atoms with E-state index in [4.69, 9.17) is 28.3 Å². The molecule has 1 aromatic heterocycles. The molecule has 6 heteroatoms. The second-order valence-electron chi connectivity index (χ2n) is 2.57. The van der Waals surface area contributed by atoms with E-state index in [1.807, 2.05) is 0 Å². The Morgan fingerprint density at radius 2 is 2.14 bits per heavy atom. The van der Waals surface area contributed by atoms with Crippen LogP contribution in [0.3, 0.4) is 0 Å². The zero-order valence-electron chi connectivity index (χ0n) is 6.98. The summed E-state index contributed by atoms with van der Waals surface area (Å²) in [4.78, 5) is 3.68. The minimum atomic E-state index is -2.70. The Morgan fingerprint density at radius 1 is 1.50 bits per heavy atom. The topological polar surface area (TPSA) is 33.1 Å². The van der Waals surface area contributed by atoms with Crippen LogP contribution in [0.1, 0.15) is 23.2 Å². The summed E-state index contributed by atoms with van der Waals surface area (Å²) in [5.74, 6) is 0.0269. The van der Waals surface area contributed by atoms with Crippen LogP contribution in [-0.2, 0) is 12.5 Å². The molecule has 0 amide bonds. The number of hydrogen-bond donors (Lipinski definition) is 1. The van der Waals surface area contributed by atoms with E-state index >= 15 is 0 Å². The first-order valence-electron chi connectivity index (χ1n) is 3.73. The number of nitrogens with zero attached hydrogens (tertiary/aromatic N) is 1. The number of aliphatic hydroxyl groups excluding tert-OH is 1. The van der Waals surface area contributed by atoms with Crippen molar-refractivity contribution in [2.24, 2.45) is 0 Å². The van der Waals surface area contributed by atoms with Crippen LogP contribution >= 0.6 is 23.2 Å². The average Bonchev–Trinajstić information content (AvgIpc) is 2.16. The molecule has 1 rings (SSSR count). The van der Waals surface area contributed by atoms with E-state index in [2.05, 4.69) is 4.98 Å². The van der Waals surface area contributed by atoms with Crippen molar-refractivity contribution < 1.29 is 13.9 Å². The summed E-state index contributed by atoms with van der Waals surface area (Å²) in [5.41, 5.74) is 0.216. The molecule has 0 aromatic carbocycles. The molecule has 14 heavy (non-hydrogen) atoms. The smallest absolute Gasteiger partial charge is 0.266 e. The minimum absolute atomic E-state index is 0.0269. The van der Waals surface area contributed by atoms with E-state index < -0.39 is 6.43 Å². The molecule has 0 bridgehead atoms. The number of halogens is 4. The first-order valence-corrected chi connectivity index (χ1v) is 4.64. The SMILES string of the molecule is OCc1cc(C(F)F)c(Cl)nc1CCl. The highest BCUT2D eigenvalue weighted by atomic mass is 35.5. The molecule has 1 N–H and O–H groups in total. The lowest BCUT2D eigenvalue weighted by Crippen LogP contribution is -2.00. The van der Waals surface area contributed by atoms with Crippen LogP contribution in [0.15, 0.2) is 6.07 Å². The first kappa shape index (κ1) is 11.6. The fourth-order valence-corrected chi connectivity index (χ4v) is 1.46. The van der Waals surface area contributed by atoms with Gasteiger partial charge in [-0.05, 0) is 6.07 Å². The van der Waals surface area contributed by atoms with Crippen molar-refractivity contribution in [3.63, 3.8) is 0 Å². The van der Waals surface area contributed by atoms with Gasteiger partial charge < -0.3 is 5.11 Å².